The van der Waals surface area contributed by atoms with E-state index in [2.05, 4.69) is 81.7 Å². The van der Waals surface area contributed by atoms with Crippen LogP contribution in [0.1, 0.15) is 11.6 Å². The summed E-state index contributed by atoms with van der Waals surface area (Å²) in [6.45, 7) is 4.00. The van der Waals surface area contributed by atoms with Gasteiger partial charge < -0.3 is 9.97 Å². The van der Waals surface area contributed by atoms with Crippen molar-refractivity contribution < 1.29 is 0 Å². The summed E-state index contributed by atoms with van der Waals surface area (Å²) in [5.74, 6) is 1.88. The van der Waals surface area contributed by atoms with Crippen LogP contribution in [0.4, 0.5) is 0 Å². The summed E-state index contributed by atoms with van der Waals surface area (Å²) in [6, 6.07) is 24.3. The van der Waals surface area contributed by atoms with Crippen molar-refractivity contribution in [3.63, 3.8) is 0 Å². The minimum absolute atomic E-state index is 0.932. The summed E-state index contributed by atoms with van der Waals surface area (Å²) >= 11 is 1.83. The van der Waals surface area contributed by atoms with Crippen LogP contribution in [-0.4, -0.2) is 19.9 Å². The number of aromatic nitrogens is 4. The monoisotopic (exact) mass is 444 g/mol. The molecule has 0 aliphatic carbocycles. The largest absolute Gasteiger partial charge is 0.342 e. The molecule has 3 heterocycles. The second-order valence-electron chi connectivity index (χ2n) is 8.60. The summed E-state index contributed by atoms with van der Waals surface area (Å²) < 4.78 is 1.28. The van der Waals surface area contributed by atoms with E-state index in [1.807, 2.05) is 31.4 Å². The average Bonchev–Trinajstić information content (AvgIpc) is 3.56. The zero-order valence-corrected chi connectivity index (χ0v) is 19.0. The maximum Gasteiger partial charge on any atom is 0.104 e. The van der Waals surface area contributed by atoms with Gasteiger partial charge in [0, 0.05) is 25.9 Å². The predicted molar refractivity (Wildman–Crippen MR) is 139 cm³/mol. The molecule has 0 saturated carbocycles. The van der Waals surface area contributed by atoms with Gasteiger partial charge in [-0.1, -0.05) is 48.5 Å². The fourth-order valence-electron chi connectivity index (χ4n) is 4.85. The third-order valence-corrected chi connectivity index (χ3v) is 7.55. The van der Waals surface area contributed by atoms with Crippen molar-refractivity contribution in [1.82, 2.24) is 19.9 Å². The van der Waals surface area contributed by atoms with Crippen molar-refractivity contribution in [3.8, 4) is 21.7 Å². The molecule has 0 aliphatic rings. The molecule has 4 nitrogen and oxygen atoms in total. The number of imidazole rings is 2. The number of aromatic amines is 2. The number of benzene rings is 4. The van der Waals surface area contributed by atoms with Crippen LogP contribution in [0.2, 0.25) is 0 Å². The van der Waals surface area contributed by atoms with Crippen LogP contribution in [-0.2, 0) is 0 Å². The second-order valence-corrected chi connectivity index (χ2v) is 9.68. The maximum absolute atomic E-state index is 4.78. The van der Waals surface area contributed by atoms with Crippen LogP contribution in [0.25, 0.3) is 64.4 Å². The Morgan fingerprint density at radius 3 is 2.42 bits per heavy atom. The molecule has 0 amide bonds. The predicted octanol–water partition coefficient (Wildman–Crippen LogP) is 7.76. The van der Waals surface area contributed by atoms with Gasteiger partial charge in [0.05, 0.1) is 22.9 Å². The number of nitrogens with zero attached hydrogens (tertiary/aromatic N) is 2. The Kier molecular flexibility index (Phi) is 3.81. The Balaban J connectivity index is 1.43. The Hall–Kier alpha value is -3.96. The van der Waals surface area contributed by atoms with E-state index in [4.69, 9.17) is 4.98 Å². The maximum atomic E-state index is 4.78. The lowest BCUT2D eigenvalue weighted by molar-refractivity contribution is 1.15. The van der Waals surface area contributed by atoms with Gasteiger partial charge in [-0.25, -0.2) is 9.97 Å². The molecule has 0 saturated heterocycles. The fourth-order valence-corrected chi connectivity index (χ4v) is 5.95. The fraction of sp³-hybridized carbons (Fsp3) is 0.0714. The van der Waals surface area contributed by atoms with E-state index in [0.717, 1.165) is 33.9 Å². The molecule has 2 N–H and O–H groups in total. The summed E-state index contributed by atoms with van der Waals surface area (Å²) in [5, 5.41) is 6.17. The molecule has 7 aromatic rings. The highest BCUT2D eigenvalue weighted by Crippen LogP contribution is 2.39. The minimum Gasteiger partial charge on any atom is -0.342 e. The van der Waals surface area contributed by atoms with Crippen molar-refractivity contribution in [3.05, 3.63) is 84.6 Å². The third-order valence-electron chi connectivity index (χ3n) is 6.40. The topological polar surface area (TPSA) is 57.4 Å². The van der Waals surface area contributed by atoms with Crippen LogP contribution in [0.5, 0.6) is 0 Å². The van der Waals surface area contributed by atoms with Gasteiger partial charge in [0.25, 0.3) is 0 Å². The summed E-state index contributed by atoms with van der Waals surface area (Å²) in [4.78, 5) is 17.2. The molecule has 7 rings (SSSR count). The number of rotatable bonds is 2. The number of hydrogen-bond acceptors (Lipinski definition) is 3. The van der Waals surface area contributed by atoms with Crippen LogP contribution in [0.3, 0.4) is 0 Å². The van der Waals surface area contributed by atoms with E-state index in [1.165, 1.54) is 42.1 Å². The molecule has 4 aromatic carbocycles. The van der Waals surface area contributed by atoms with Crippen molar-refractivity contribution in [2.45, 2.75) is 13.8 Å². The van der Waals surface area contributed by atoms with E-state index in [1.54, 1.807) is 0 Å². The SMILES string of the molecule is Cc1ncc(-c2ccc3cc(-c4ccc5c(c4)c4ccccc4c4nc(C)[nH]c54)sc3c2)[nH]1. The summed E-state index contributed by atoms with van der Waals surface area (Å²) in [6.07, 6.45) is 1.90. The number of hydrogen-bond donors (Lipinski definition) is 2. The third kappa shape index (κ3) is 2.82. The van der Waals surface area contributed by atoms with Crippen LogP contribution in [0.15, 0.2) is 72.9 Å². The molecule has 3 aromatic heterocycles. The molecule has 5 heteroatoms. The Labute approximate surface area is 194 Å². The van der Waals surface area contributed by atoms with Gasteiger partial charge in [-0.05, 0) is 53.8 Å². The van der Waals surface area contributed by atoms with Gasteiger partial charge in [0.15, 0.2) is 0 Å². The first-order valence-electron chi connectivity index (χ1n) is 11.0. The van der Waals surface area contributed by atoms with Gasteiger partial charge in [-0.3, -0.25) is 0 Å². The van der Waals surface area contributed by atoms with Crippen molar-refractivity contribution in [2.24, 2.45) is 0 Å². The molecule has 0 radical (unpaired) electrons. The molecule has 0 spiro atoms. The highest BCUT2D eigenvalue weighted by Gasteiger charge is 2.14. The zero-order chi connectivity index (χ0) is 22.1. The molecule has 33 heavy (non-hydrogen) atoms. The Morgan fingerprint density at radius 2 is 1.58 bits per heavy atom. The number of H-pyrrole nitrogens is 2. The van der Waals surface area contributed by atoms with Gasteiger partial charge in [0.1, 0.15) is 11.6 Å². The van der Waals surface area contributed by atoms with Gasteiger partial charge in [0.2, 0.25) is 0 Å². The standard InChI is InChI=1S/C28H20N4S/c1-15-29-14-24(30-15)17-7-8-19-13-26(33-25(19)12-17)18-9-10-22-23(11-18)20-5-3-4-6-21(20)27-28(22)32-16(2)31-27/h3-14H,1-2H3,(H,29,30)(H,31,32). The number of aryl methyl sites for hydroxylation is 2. The summed E-state index contributed by atoms with van der Waals surface area (Å²) in [5.41, 5.74) is 5.62. The van der Waals surface area contributed by atoms with Crippen molar-refractivity contribution in [1.29, 1.82) is 0 Å². The average molecular weight is 445 g/mol. The van der Waals surface area contributed by atoms with Gasteiger partial charge in [-0.2, -0.15) is 0 Å². The van der Waals surface area contributed by atoms with Crippen LogP contribution in [0, 0.1) is 13.8 Å². The number of fused-ring (bicyclic) bond motifs is 7. The molecule has 158 valence electrons. The van der Waals surface area contributed by atoms with Gasteiger partial charge >= 0.3 is 0 Å². The normalized spacial score (nSPS) is 11.9. The molecular weight excluding hydrogens is 424 g/mol. The lowest BCUT2D eigenvalue weighted by Crippen LogP contribution is -1.83. The smallest absolute Gasteiger partial charge is 0.104 e. The van der Waals surface area contributed by atoms with Gasteiger partial charge in [-0.15, -0.1) is 11.3 Å². The lowest BCUT2D eigenvalue weighted by Gasteiger charge is -2.08. The first-order chi connectivity index (χ1) is 16.1. The van der Waals surface area contributed by atoms with E-state index in [-0.39, 0.29) is 0 Å². The minimum atomic E-state index is 0.932. The first-order valence-corrected chi connectivity index (χ1v) is 11.8. The zero-order valence-electron chi connectivity index (χ0n) is 18.2. The van der Waals surface area contributed by atoms with Crippen LogP contribution < -0.4 is 0 Å². The van der Waals surface area contributed by atoms with E-state index in [0.29, 0.717) is 0 Å². The summed E-state index contributed by atoms with van der Waals surface area (Å²) in [7, 11) is 0. The second kappa shape index (κ2) is 6.77. The molecule has 0 fully saturated rings. The highest BCUT2D eigenvalue weighted by atomic mass is 32.1. The molecule has 0 aliphatic heterocycles. The van der Waals surface area contributed by atoms with E-state index < -0.39 is 0 Å². The van der Waals surface area contributed by atoms with E-state index >= 15 is 0 Å². The first kappa shape index (κ1) is 18.6. The van der Waals surface area contributed by atoms with Crippen molar-refractivity contribution >= 4 is 54.0 Å². The lowest BCUT2D eigenvalue weighted by atomic mass is 9.97. The highest BCUT2D eigenvalue weighted by molar-refractivity contribution is 7.22. The molecular formula is C28H20N4S. The van der Waals surface area contributed by atoms with Crippen LogP contribution >= 0.6 is 11.3 Å². The van der Waals surface area contributed by atoms with E-state index in [9.17, 15) is 0 Å². The molecule has 0 unspecified atom stereocenters. The quantitative estimate of drug-likeness (QED) is 0.268. The Bertz CT molecular complexity index is 1850. The molecule has 0 atom stereocenters. The number of nitrogens with one attached hydrogen (secondary N) is 2. The number of thiophene rings is 1. The Morgan fingerprint density at radius 1 is 0.727 bits per heavy atom. The molecule has 0 bridgehead atoms. The van der Waals surface area contributed by atoms with Crippen molar-refractivity contribution in [2.75, 3.05) is 0 Å².